The molecule has 0 aliphatic carbocycles. The summed E-state index contributed by atoms with van der Waals surface area (Å²) in [7, 11) is 0. The van der Waals surface area contributed by atoms with Crippen LogP contribution < -0.4 is 15.0 Å². The van der Waals surface area contributed by atoms with Gasteiger partial charge in [0.05, 0.1) is 5.69 Å². The quantitative estimate of drug-likeness (QED) is 0.464. The Morgan fingerprint density at radius 1 is 1.03 bits per heavy atom. The van der Waals surface area contributed by atoms with Crippen LogP contribution in [0.25, 0.3) is 6.08 Å². The fraction of sp³-hybridized carbons (Fsp3) is 0.167. The van der Waals surface area contributed by atoms with Crippen LogP contribution in [0.3, 0.4) is 0 Å². The van der Waals surface area contributed by atoms with Crippen LogP contribution in [-0.4, -0.2) is 11.0 Å². The molecule has 0 spiro atoms. The van der Waals surface area contributed by atoms with Gasteiger partial charge in [0, 0.05) is 6.08 Å². The van der Waals surface area contributed by atoms with Gasteiger partial charge in [-0.2, -0.15) is 0 Å². The number of rotatable bonds is 5. The summed E-state index contributed by atoms with van der Waals surface area (Å²) < 4.78 is 11.7. The van der Waals surface area contributed by atoms with E-state index < -0.39 is 0 Å². The van der Waals surface area contributed by atoms with Crippen molar-refractivity contribution in [3.63, 3.8) is 0 Å². The Morgan fingerprint density at radius 3 is 2.53 bits per heavy atom. The molecule has 5 nitrogen and oxygen atoms in total. The smallest absolute Gasteiger partial charge is 0.281 e. The zero-order valence-corrected chi connectivity index (χ0v) is 17.9. The number of ether oxygens (including phenoxy) is 1. The van der Waals surface area contributed by atoms with E-state index in [9.17, 15) is 4.79 Å². The number of carbonyl (C=O) groups excluding carboxylic acids is 1. The average Bonchev–Trinajstić information content (AvgIpc) is 3.23. The molecule has 1 aromatic heterocycles. The Hall–Kier alpha value is -3.38. The highest BCUT2D eigenvalue weighted by Crippen LogP contribution is 2.24. The Labute approximate surface area is 181 Å². The molecule has 1 saturated heterocycles. The highest BCUT2D eigenvalue weighted by molar-refractivity contribution is 7.80. The lowest BCUT2D eigenvalue weighted by Gasteiger charge is -2.14. The maximum atomic E-state index is 12.9. The van der Waals surface area contributed by atoms with Crippen LogP contribution >= 0.6 is 12.2 Å². The summed E-state index contributed by atoms with van der Waals surface area (Å²) in [5.41, 5.74) is 4.46. The van der Waals surface area contributed by atoms with Crippen molar-refractivity contribution in [1.82, 2.24) is 5.32 Å². The van der Waals surface area contributed by atoms with Gasteiger partial charge in [-0.3, -0.25) is 9.69 Å². The van der Waals surface area contributed by atoms with E-state index in [1.165, 1.54) is 4.90 Å². The van der Waals surface area contributed by atoms with Gasteiger partial charge in [-0.25, -0.2) is 0 Å². The molecule has 1 amide bonds. The van der Waals surface area contributed by atoms with Crippen molar-refractivity contribution in [3.8, 4) is 5.75 Å². The predicted molar refractivity (Wildman–Crippen MR) is 121 cm³/mol. The first kappa shape index (κ1) is 19.9. The first-order valence-corrected chi connectivity index (χ1v) is 10.0. The molecular formula is C24H22N2O3S. The molecule has 6 heteroatoms. The number of amides is 1. The van der Waals surface area contributed by atoms with E-state index in [1.54, 1.807) is 12.1 Å². The van der Waals surface area contributed by atoms with Gasteiger partial charge in [-0.15, -0.1) is 0 Å². The van der Waals surface area contributed by atoms with Gasteiger partial charge in [-0.05, 0) is 86.1 Å². The predicted octanol–water partition coefficient (Wildman–Crippen LogP) is 5.05. The summed E-state index contributed by atoms with van der Waals surface area (Å²) in [5, 5.41) is 3.33. The van der Waals surface area contributed by atoms with Crippen LogP contribution in [0.5, 0.6) is 5.75 Å². The number of furan rings is 1. The molecule has 0 saturated carbocycles. The maximum absolute atomic E-state index is 12.9. The number of hydrogen-bond acceptors (Lipinski definition) is 4. The van der Waals surface area contributed by atoms with Gasteiger partial charge in [0.15, 0.2) is 5.11 Å². The zero-order chi connectivity index (χ0) is 21.3. The van der Waals surface area contributed by atoms with Gasteiger partial charge in [-0.1, -0.05) is 18.2 Å². The van der Waals surface area contributed by atoms with Crippen LogP contribution in [-0.2, 0) is 11.4 Å². The van der Waals surface area contributed by atoms with Crippen molar-refractivity contribution < 1.29 is 13.9 Å². The van der Waals surface area contributed by atoms with Crippen LogP contribution in [0.4, 0.5) is 5.69 Å². The second kappa shape index (κ2) is 8.16. The summed E-state index contributed by atoms with van der Waals surface area (Å²) in [5.74, 6) is 1.81. The monoisotopic (exact) mass is 418 g/mol. The number of nitrogens with one attached hydrogen (secondary N) is 1. The molecule has 3 aromatic rings. The lowest BCUT2D eigenvalue weighted by molar-refractivity contribution is -0.113. The third-order valence-electron chi connectivity index (χ3n) is 4.68. The van der Waals surface area contributed by atoms with Gasteiger partial charge < -0.3 is 14.5 Å². The van der Waals surface area contributed by atoms with Gasteiger partial charge in [0.25, 0.3) is 5.91 Å². The molecule has 152 valence electrons. The van der Waals surface area contributed by atoms with Crippen molar-refractivity contribution in [2.45, 2.75) is 27.4 Å². The molecule has 30 heavy (non-hydrogen) atoms. The second-order valence-electron chi connectivity index (χ2n) is 7.38. The third-order valence-corrected chi connectivity index (χ3v) is 4.97. The molecule has 2 aromatic carbocycles. The standard InChI is InChI=1S/C24H22N2O3S/c1-15-5-4-6-18(10-15)26-23(27)22(25-24(26)30)13-19-7-8-20(29-19)14-28-21-11-16(2)9-17(3)12-21/h4-13H,14H2,1-3H3,(H,25,30)/b22-13+. The molecular weight excluding hydrogens is 396 g/mol. The van der Waals surface area contributed by atoms with Gasteiger partial charge >= 0.3 is 0 Å². The first-order valence-electron chi connectivity index (χ1n) is 9.63. The first-order chi connectivity index (χ1) is 14.4. The summed E-state index contributed by atoms with van der Waals surface area (Å²) in [4.78, 5) is 14.3. The van der Waals surface area contributed by atoms with Gasteiger partial charge in [0.1, 0.15) is 29.6 Å². The fourth-order valence-electron chi connectivity index (χ4n) is 3.40. The molecule has 2 heterocycles. The highest BCUT2D eigenvalue weighted by atomic mass is 32.1. The number of aryl methyl sites for hydroxylation is 3. The number of nitrogens with zero attached hydrogens (tertiary/aromatic N) is 1. The van der Waals surface area contributed by atoms with E-state index in [4.69, 9.17) is 21.4 Å². The molecule has 1 aliphatic rings. The van der Waals surface area contributed by atoms with Crippen molar-refractivity contribution in [3.05, 3.63) is 88.5 Å². The second-order valence-corrected chi connectivity index (χ2v) is 7.77. The summed E-state index contributed by atoms with van der Waals surface area (Å²) in [6.45, 7) is 6.35. The SMILES string of the molecule is Cc1cc(C)cc(OCc2ccc(/C=C3/NC(=S)N(c4cccc(C)c4)C3=O)o2)c1. The zero-order valence-electron chi connectivity index (χ0n) is 17.1. The number of benzene rings is 2. The molecule has 4 rings (SSSR count). The number of thiocarbonyl (C=S) groups is 1. The molecule has 0 unspecified atom stereocenters. The number of anilines is 1. The number of carbonyl (C=O) groups is 1. The van der Waals surface area contributed by atoms with Crippen LogP contribution in [0.1, 0.15) is 28.2 Å². The molecule has 1 N–H and O–H groups in total. The largest absolute Gasteiger partial charge is 0.486 e. The topological polar surface area (TPSA) is 54.7 Å². The van der Waals surface area contributed by atoms with Crippen LogP contribution in [0, 0.1) is 20.8 Å². The Bertz CT molecular complexity index is 1140. The minimum Gasteiger partial charge on any atom is -0.486 e. The van der Waals surface area contributed by atoms with Crippen molar-refractivity contribution in [2.24, 2.45) is 0 Å². The van der Waals surface area contributed by atoms with Crippen LogP contribution in [0.2, 0.25) is 0 Å². The van der Waals surface area contributed by atoms with E-state index in [-0.39, 0.29) is 5.91 Å². The normalized spacial score (nSPS) is 15.0. The maximum Gasteiger partial charge on any atom is 0.281 e. The van der Waals surface area contributed by atoms with Gasteiger partial charge in [0.2, 0.25) is 0 Å². The Kier molecular flexibility index (Phi) is 5.42. The minimum absolute atomic E-state index is 0.213. The molecule has 1 aliphatic heterocycles. The average molecular weight is 419 g/mol. The van der Waals surface area contributed by atoms with E-state index in [1.807, 2.05) is 63.2 Å². The Balaban J connectivity index is 1.47. The molecule has 0 bridgehead atoms. The fourth-order valence-corrected chi connectivity index (χ4v) is 3.70. The van der Waals surface area contributed by atoms with Crippen molar-refractivity contribution in [1.29, 1.82) is 0 Å². The van der Waals surface area contributed by atoms with Crippen LogP contribution in [0.15, 0.2) is 64.7 Å². The lowest BCUT2D eigenvalue weighted by atomic mass is 10.1. The lowest BCUT2D eigenvalue weighted by Crippen LogP contribution is -2.30. The molecule has 1 fully saturated rings. The van der Waals surface area contributed by atoms with Crippen molar-refractivity contribution in [2.75, 3.05) is 4.90 Å². The van der Waals surface area contributed by atoms with Crippen molar-refractivity contribution >= 4 is 35.0 Å². The minimum atomic E-state index is -0.213. The number of hydrogen-bond donors (Lipinski definition) is 1. The highest BCUT2D eigenvalue weighted by Gasteiger charge is 2.32. The van der Waals surface area contributed by atoms with E-state index in [0.29, 0.717) is 28.9 Å². The van der Waals surface area contributed by atoms with E-state index in [2.05, 4.69) is 11.4 Å². The summed E-state index contributed by atoms with van der Waals surface area (Å²) >= 11 is 5.36. The molecule has 0 radical (unpaired) electrons. The summed E-state index contributed by atoms with van der Waals surface area (Å²) in [6, 6.07) is 17.4. The Morgan fingerprint density at radius 2 is 1.80 bits per heavy atom. The summed E-state index contributed by atoms with van der Waals surface area (Å²) in [6.07, 6.45) is 1.66. The van der Waals surface area contributed by atoms with E-state index >= 15 is 0 Å². The molecule has 0 atom stereocenters. The van der Waals surface area contributed by atoms with E-state index in [0.717, 1.165) is 28.1 Å². The third kappa shape index (κ3) is 4.28.